The lowest BCUT2D eigenvalue weighted by molar-refractivity contribution is 0.386. The zero-order chi connectivity index (χ0) is 11.5. The smallest absolute Gasteiger partial charge is 0.263 e. The van der Waals surface area contributed by atoms with Crippen molar-refractivity contribution >= 4 is 29.2 Å². The van der Waals surface area contributed by atoms with Gasteiger partial charge in [-0.2, -0.15) is 4.98 Å². The molecule has 0 unspecified atom stereocenters. The Hall–Kier alpha value is -1.26. The molecule has 0 bridgehead atoms. The number of aromatic nitrogens is 2. The van der Waals surface area contributed by atoms with Crippen molar-refractivity contribution in [1.29, 1.82) is 0 Å². The van der Waals surface area contributed by atoms with Crippen LogP contribution < -0.4 is 5.32 Å². The van der Waals surface area contributed by atoms with Gasteiger partial charge in [-0.1, -0.05) is 29.3 Å². The Labute approximate surface area is 103 Å². The highest BCUT2D eigenvalue weighted by Gasteiger charge is 2.11. The average molecular weight is 258 g/mol. The van der Waals surface area contributed by atoms with Crippen LogP contribution in [-0.2, 0) is 6.42 Å². The molecule has 0 saturated heterocycles. The molecule has 4 nitrogen and oxygen atoms in total. The van der Waals surface area contributed by atoms with Crippen LogP contribution in [0.15, 0.2) is 22.7 Å². The summed E-state index contributed by atoms with van der Waals surface area (Å²) in [6.07, 6.45) is 0.424. The van der Waals surface area contributed by atoms with Crippen molar-refractivity contribution in [3.05, 3.63) is 39.7 Å². The lowest BCUT2D eigenvalue weighted by Gasteiger charge is -2.02. The van der Waals surface area contributed by atoms with Crippen molar-refractivity contribution in [2.24, 2.45) is 0 Å². The van der Waals surface area contributed by atoms with Gasteiger partial charge in [-0.05, 0) is 22.9 Å². The molecule has 0 saturated carbocycles. The third kappa shape index (κ3) is 2.28. The van der Waals surface area contributed by atoms with Gasteiger partial charge in [-0.3, -0.25) is 0 Å². The average Bonchev–Trinajstić information content (AvgIpc) is 2.71. The van der Waals surface area contributed by atoms with Crippen LogP contribution in [0.25, 0.3) is 0 Å². The van der Waals surface area contributed by atoms with Gasteiger partial charge in [0.1, 0.15) is 0 Å². The highest BCUT2D eigenvalue weighted by molar-refractivity contribution is 6.36. The minimum atomic E-state index is 0.424. The van der Waals surface area contributed by atoms with Crippen LogP contribution in [-0.4, -0.2) is 17.2 Å². The molecule has 0 atom stereocenters. The summed E-state index contributed by atoms with van der Waals surface area (Å²) in [5.74, 6) is 0.914. The van der Waals surface area contributed by atoms with E-state index in [1.807, 2.05) is 0 Å². The van der Waals surface area contributed by atoms with E-state index in [2.05, 4.69) is 15.5 Å². The molecule has 0 radical (unpaired) electrons. The molecule has 0 fully saturated rings. The SMILES string of the molecule is CNc1noc(Cc2c(Cl)cccc2Cl)n1. The number of nitrogens with zero attached hydrogens (tertiary/aromatic N) is 2. The van der Waals surface area contributed by atoms with Crippen LogP contribution in [0.1, 0.15) is 11.5 Å². The van der Waals surface area contributed by atoms with E-state index < -0.39 is 0 Å². The molecule has 0 amide bonds. The van der Waals surface area contributed by atoms with Crippen molar-refractivity contribution in [3.8, 4) is 0 Å². The van der Waals surface area contributed by atoms with Crippen LogP contribution in [0.4, 0.5) is 5.95 Å². The third-order valence-corrected chi connectivity index (χ3v) is 2.79. The summed E-state index contributed by atoms with van der Waals surface area (Å²) in [6.45, 7) is 0. The number of rotatable bonds is 3. The first kappa shape index (κ1) is 11.2. The zero-order valence-corrected chi connectivity index (χ0v) is 10.0. The summed E-state index contributed by atoms with van der Waals surface area (Å²) in [4.78, 5) is 4.10. The van der Waals surface area contributed by atoms with Crippen LogP contribution >= 0.6 is 23.2 Å². The molecule has 84 valence electrons. The molecule has 1 N–H and O–H groups in total. The highest BCUT2D eigenvalue weighted by atomic mass is 35.5. The van der Waals surface area contributed by atoms with E-state index in [-0.39, 0.29) is 0 Å². The maximum atomic E-state index is 6.03. The molecule has 0 aliphatic carbocycles. The Bertz CT molecular complexity index is 478. The summed E-state index contributed by atoms with van der Waals surface area (Å²) in [5.41, 5.74) is 0.789. The van der Waals surface area contributed by atoms with Crippen LogP contribution in [0.3, 0.4) is 0 Å². The van der Waals surface area contributed by atoms with Crippen molar-refractivity contribution < 1.29 is 4.52 Å². The van der Waals surface area contributed by atoms with Gasteiger partial charge >= 0.3 is 0 Å². The fraction of sp³-hybridized carbons (Fsp3) is 0.200. The minimum Gasteiger partial charge on any atom is -0.355 e. The fourth-order valence-electron chi connectivity index (χ4n) is 1.28. The topological polar surface area (TPSA) is 51.0 Å². The maximum Gasteiger partial charge on any atom is 0.263 e. The monoisotopic (exact) mass is 257 g/mol. The second kappa shape index (κ2) is 4.72. The van der Waals surface area contributed by atoms with Crippen molar-refractivity contribution in [2.75, 3.05) is 12.4 Å². The quantitative estimate of drug-likeness (QED) is 0.919. The second-order valence-corrected chi connectivity index (χ2v) is 3.95. The minimum absolute atomic E-state index is 0.424. The maximum absolute atomic E-state index is 6.03. The molecule has 6 heteroatoms. The van der Waals surface area contributed by atoms with E-state index in [1.165, 1.54) is 0 Å². The number of hydrogen-bond donors (Lipinski definition) is 1. The molecule has 1 aromatic heterocycles. The highest BCUT2D eigenvalue weighted by Crippen LogP contribution is 2.26. The Morgan fingerprint density at radius 2 is 2.00 bits per heavy atom. The summed E-state index contributed by atoms with van der Waals surface area (Å²) in [5, 5.41) is 7.68. The molecule has 2 rings (SSSR count). The third-order valence-electron chi connectivity index (χ3n) is 2.08. The lowest BCUT2D eigenvalue weighted by Crippen LogP contribution is -1.93. The summed E-state index contributed by atoms with van der Waals surface area (Å²) >= 11 is 12.1. The van der Waals surface area contributed by atoms with Crippen molar-refractivity contribution in [1.82, 2.24) is 10.1 Å². The van der Waals surface area contributed by atoms with E-state index in [1.54, 1.807) is 25.2 Å². The molecular formula is C10H9Cl2N3O. The lowest BCUT2D eigenvalue weighted by atomic mass is 10.1. The first-order valence-corrected chi connectivity index (χ1v) is 5.39. The van der Waals surface area contributed by atoms with E-state index in [9.17, 15) is 0 Å². The normalized spacial score (nSPS) is 10.4. The van der Waals surface area contributed by atoms with Gasteiger partial charge in [0.25, 0.3) is 5.95 Å². The largest absolute Gasteiger partial charge is 0.355 e. The fourth-order valence-corrected chi connectivity index (χ4v) is 1.81. The molecule has 1 heterocycles. The van der Waals surface area contributed by atoms with E-state index >= 15 is 0 Å². The standard InChI is InChI=1S/C10H9Cl2N3O/c1-13-10-14-9(16-15-10)5-6-7(11)3-2-4-8(6)12/h2-4H,5H2,1H3,(H,13,15). The number of hydrogen-bond acceptors (Lipinski definition) is 4. The zero-order valence-electron chi connectivity index (χ0n) is 8.50. The number of halogens is 2. The number of anilines is 1. The Kier molecular flexibility index (Phi) is 3.31. The number of nitrogens with one attached hydrogen (secondary N) is 1. The van der Waals surface area contributed by atoms with Crippen LogP contribution in [0, 0.1) is 0 Å². The van der Waals surface area contributed by atoms with Gasteiger partial charge < -0.3 is 9.84 Å². The summed E-state index contributed by atoms with van der Waals surface area (Å²) in [7, 11) is 1.72. The van der Waals surface area contributed by atoms with E-state index in [4.69, 9.17) is 27.7 Å². The van der Waals surface area contributed by atoms with Crippen molar-refractivity contribution in [3.63, 3.8) is 0 Å². The summed E-state index contributed by atoms with van der Waals surface area (Å²) < 4.78 is 5.03. The van der Waals surface area contributed by atoms with E-state index in [0.29, 0.717) is 28.3 Å². The van der Waals surface area contributed by atoms with Gasteiger partial charge in [0.05, 0.1) is 6.42 Å². The van der Waals surface area contributed by atoms with Gasteiger partial charge in [0.2, 0.25) is 5.89 Å². The first-order valence-electron chi connectivity index (χ1n) is 4.64. The molecule has 2 aromatic rings. The molecule has 0 aliphatic heterocycles. The predicted molar refractivity (Wildman–Crippen MR) is 63.1 cm³/mol. The molecular weight excluding hydrogens is 249 g/mol. The van der Waals surface area contributed by atoms with Gasteiger partial charge in [-0.15, -0.1) is 0 Å². The first-order chi connectivity index (χ1) is 7.70. The van der Waals surface area contributed by atoms with E-state index in [0.717, 1.165) is 5.56 Å². The van der Waals surface area contributed by atoms with Gasteiger partial charge in [-0.25, -0.2) is 0 Å². The Morgan fingerprint density at radius 3 is 2.56 bits per heavy atom. The Morgan fingerprint density at radius 1 is 1.31 bits per heavy atom. The summed E-state index contributed by atoms with van der Waals surface area (Å²) in [6, 6.07) is 5.34. The molecule has 0 spiro atoms. The molecule has 1 aromatic carbocycles. The predicted octanol–water partition coefficient (Wildman–Crippen LogP) is 3.01. The Balaban J connectivity index is 2.26. The molecule has 0 aliphatic rings. The van der Waals surface area contributed by atoms with Gasteiger partial charge in [0, 0.05) is 17.1 Å². The molecule has 16 heavy (non-hydrogen) atoms. The van der Waals surface area contributed by atoms with Gasteiger partial charge in [0.15, 0.2) is 0 Å². The van der Waals surface area contributed by atoms with Crippen LogP contribution in [0.2, 0.25) is 10.0 Å². The van der Waals surface area contributed by atoms with Crippen molar-refractivity contribution in [2.45, 2.75) is 6.42 Å². The van der Waals surface area contributed by atoms with Crippen LogP contribution in [0.5, 0.6) is 0 Å². The second-order valence-electron chi connectivity index (χ2n) is 3.14. The number of benzene rings is 1.